The Kier molecular flexibility index (Phi) is 4.73. The van der Waals surface area contributed by atoms with E-state index in [1.54, 1.807) is 0 Å². The quantitative estimate of drug-likeness (QED) is 0.852. The van der Waals surface area contributed by atoms with Crippen LogP contribution in [0.3, 0.4) is 0 Å². The molecule has 0 saturated carbocycles. The van der Waals surface area contributed by atoms with Gasteiger partial charge in [0.1, 0.15) is 0 Å². The molecule has 3 rings (SSSR count). The molecule has 0 bridgehead atoms. The molecule has 0 unspecified atom stereocenters. The summed E-state index contributed by atoms with van der Waals surface area (Å²) in [4.78, 5) is 0. The fourth-order valence-corrected chi connectivity index (χ4v) is 3.32. The highest BCUT2D eigenvalue weighted by atomic mass is 32.1. The van der Waals surface area contributed by atoms with Gasteiger partial charge in [-0.3, -0.25) is 4.68 Å². The van der Waals surface area contributed by atoms with E-state index < -0.39 is 0 Å². The van der Waals surface area contributed by atoms with Crippen LogP contribution in [0.15, 0.2) is 36.5 Å². The molecule has 0 amide bonds. The van der Waals surface area contributed by atoms with Crippen molar-refractivity contribution in [3.8, 4) is 0 Å². The third-order valence-electron chi connectivity index (χ3n) is 4.08. The summed E-state index contributed by atoms with van der Waals surface area (Å²) in [6.07, 6.45) is 5.37. The van der Waals surface area contributed by atoms with Crippen LogP contribution < -0.4 is 10.6 Å². The lowest BCUT2D eigenvalue weighted by molar-refractivity contribution is 0.504. The second kappa shape index (κ2) is 6.92. The van der Waals surface area contributed by atoms with E-state index in [1.165, 1.54) is 23.2 Å². The van der Waals surface area contributed by atoms with Crippen molar-refractivity contribution in [2.24, 2.45) is 0 Å². The first-order valence-electron chi connectivity index (χ1n) is 7.90. The molecule has 0 saturated heterocycles. The van der Waals surface area contributed by atoms with Gasteiger partial charge >= 0.3 is 0 Å². The van der Waals surface area contributed by atoms with E-state index in [1.807, 2.05) is 12.3 Å². The van der Waals surface area contributed by atoms with Crippen LogP contribution in [0.2, 0.25) is 0 Å². The predicted molar refractivity (Wildman–Crippen MR) is 92.9 cm³/mol. The van der Waals surface area contributed by atoms with Crippen LogP contribution in [0.4, 0.5) is 0 Å². The molecule has 1 aromatic heterocycles. The molecule has 0 fully saturated rings. The summed E-state index contributed by atoms with van der Waals surface area (Å²) >= 11 is 5.33. The molecule has 5 heteroatoms. The zero-order valence-corrected chi connectivity index (χ0v) is 13.7. The third kappa shape index (κ3) is 3.30. The maximum absolute atomic E-state index is 5.33. The average molecular weight is 314 g/mol. The summed E-state index contributed by atoms with van der Waals surface area (Å²) in [7, 11) is 0. The van der Waals surface area contributed by atoms with Gasteiger partial charge in [0.15, 0.2) is 5.11 Å². The van der Waals surface area contributed by atoms with Gasteiger partial charge < -0.3 is 10.6 Å². The van der Waals surface area contributed by atoms with E-state index in [-0.39, 0.29) is 6.04 Å². The second-order valence-corrected chi connectivity index (χ2v) is 6.05. The van der Waals surface area contributed by atoms with Gasteiger partial charge in [0, 0.05) is 17.8 Å². The zero-order chi connectivity index (χ0) is 15.4. The SMILES string of the molecule is CCNC(=S)N[C@H]1CCCc2c1cnn2Cc1ccccc1. The first kappa shape index (κ1) is 15.0. The van der Waals surface area contributed by atoms with Gasteiger partial charge in [-0.2, -0.15) is 5.10 Å². The van der Waals surface area contributed by atoms with Crippen molar-refractivity contribution >= 4 is 17.3 Å². The summed E-state index contributed by atoms with van der Waals surface area (Å²) < 4.78 is 2.13. The highest BCUT2D eigenvalue weighted by molar-refractivity contribution is 7.80. The van der Waals surface area contributed by atoms with Gasteiger partial charge in [0.2, 0.25) is 0 Å². The van der Waals surface area contributed by atoms with Crippen LogP contribution in [0.1, 0.15) is 42.6 Å². The number of nitrogens with zero attached hydrogens (tertiary/aromatic N) is 2. The molecule has 2 aromatic rings. The van der Waals surface area contributed by atoms with Crippen LogP contribution in [0.25, 0.3) is 0 Å². The highest BCUT2D eigenvalue weighted by Crippen LogP contribution is 2.29. The van der Waals surface area contributed by atoms with Gasteiger partial charge in [0.05, 0.1) is 18.8 Å². The summed E-state index contributed by atoms with van der Waals surface area (Å²) in [5, 5.41) is 11.9. The number of hydrogen-bond donors (Lipinski definition) is 2. The zero-order valence-electron chi connectivity index (χ0n) is 12.9. The minimum atomic E-state index is 0.278. The molecule has 0 spiro atoms. The molecule has 2 N–H and O–H groups in total. The highest BCUT2D eigenvalue weighted by Gasteiger charge is 2.24. The number of thiocarbonyl (C=S) groups is 1. The Hall–Kier alpha value is -1.88. The minimum Gasteiger partial charge on any atom is -0.363 e. The van der Waals surface area contributed by atoms with Gasteiger partial charge in [0.25, 0.3) is 0 Å². The maximum atomic E-state index is 5.33. The van der Waals surface area contributed by atoms with Crippen molar-refractivity contribution in [1.29, 1.82) is 0 Å². The van der Waals surface area contributed by atoms with E-state index in [0.29, 0.717) is 0 Å². The van der Waals surface area contributed by atoms with Gasteiger partial charge in [-0.05, 0) is 44.0 Å². The smallest absolute Gasteiger partial charge is 0.166 e. The molecule has 1 aliphatic carbocycles. The number of rotatable bonds is 4. The van der Waals surface area contributed by atoms with Crippen LogP contribution in [-0.2, 0) is 13.0 Å². The van der Waals surface area contributed by atoms with Gasteiger partial charge in [-0.15, -0.1) is 0 Å². The fraction of sp³-hybridized carbons (Fsp3) is 0.412. The predicted octanol–water partition coefficient (Wildman–Crippen LogP) is 2.79. The van der Waals surface area contributed by atoms with Gasteiger partial charge in [-0.25, -0.2) is 0 Å². The minimum absolute atomic E-state index is 0.278. The molecular weight excluding hydrogens is 292 g/mol. The average Bonchev–Trinajstić information content (AvgIpc) is 2.93. The van der Waals surface area contributed by atoms with Crippen molar-refractivity contribution in [2.75, 3.05) is 6.54 Å². The van der Waals surface area contributed by atoms with Crippen LogP contribution in [0, 0.1) is 0 Å². The van der Waals surface area contributed by atoms with Crippen molar-refractivity contribution in [3.63, 3.8) is 0 Å². The van der Waals surface area contributed by atoms with Crippen molar-refractivity contribution in [3.05, 3.63) is 53.3 Å². The Morgan fingerprint density at radius 2 is 2.18 bits per heavy atom. The number of aromatic nitrogens is 2. The Bertz CT molecular complexity index is 635. The Balaban J connectivity index is 1.77. The molecule has 1 atom stereocenters. The largest absolute Gasteiger partial charge is 0.363 e. The van der Waals surface area contributed by atoms with Crippen LogP contribution >= 0.6 is 12.2 Å². The summed E-state index contributed by atoms with van der Waals surface area (Å²) in [6.45, 7) is 3.73. The lowest BCUT2D eigenvalue weighted by Gasteiger charge is -2.25. The van der Waals surface area contributed by atoms with E-state index >= 15 is 0 Å². The number of fused-ring (bicyclic) bond motifs is 1. The molecule has 4 nitrogen and oxygen atoms in total. The third-order valence-corrected chi connectivity index (χ3v) is 4.34. The molecular formula is C17H22N4S. The maximum Gasteiger partial charge on any atom is 0.166 e. The summed E-state index contributed by atoms with van der Waals surface area (Å²) in [5.74, 6) is 0. The van der Waals surface area contributed by atoms with Crippen molar-refractivity contribution < 1.29 is 0 Å². The van der Waals surface area contributed by atoms with Gasteiger partial charge in [-0.1, -0.05) is 30.3 Å². The van der Waals surface area contributed by atoms with E-state index in [9.17, 15) is 0 Å². The summed E-state index contributed by atoms with van der Waals surface area (Å²) in [5.41, 5.74) is 3.92. The fourth-order valence-electron chi connectivity index (χ4n) is 3.03. The molecule has 1 aliphatic rings. The summed E-state index contributed by atoms with van der Waals surface area (Å²) in [6, 6.07) is 10.8. The first-order chi connectivity index (χ1) is 10.8. The number of hydrogen-bond acceptors (Lipinski definition) is 2. The van der Waals surface area contributed by atoms with Crippen LogP contribution in [0.5, 0.6) is 0 Å². The monoisotopic (exact) mass is 314 g/mol. The molecule has 1 heterocycles. The first-order valence-corrected chi connectivity index (χ1v) is 8.31. The Labute approximate surface area is 136 Å². The lowest BCUT2D eigenvalue weighted by atomic mass is 9.93. The Morgan fingerprint density at radius 1 is 1.36 bits per heavy atom. The molecule has 22 heavy (non-hydrogen) atoms. The normalized spacial score (nSPS) is 16.9. The number of nitrogens with one attached hydrogen (secondary N) is 2. The molecule has 116 valence electrons. The molecule has 0 aliphatic heterocycles. The van der Waals surface area contributed by atoms with Crippen molar-refractivity contribution in [1.82, 2.24) is 20.4 Å². The second-order valence-electron chi connectivity index (χ2n) is 5.64. The van der Waals surface area contributed by atoms with E-state index in [2.05, 4.69) is 51.6 Å². The topological polar surface area (TPSA) is 41.9 Å². The molecule has 0 radical (unpaired) electrons. The lowest BCUT2D eigenvalue weighted by Crippen LogP contribution is -2.38. The van der Waals surface area contributed by atoms with Crippen LogP contribution in [-0.4, -0.2) is 21.4 Å². The molecule has 1 aromatic carbocycles. The van der Waals surface area contributed by atoms with E-state index in [0.717, 1.165) is 31.0 Å². The number of benzene rings is 1. The Morgan fingerprint density at radius 3 is 2.95 bits per heavy atom. The van der Waals surface area contributed by atoms with Crippen molar-refractivity contribution in [2.45, 2.75) is 38.8 Å². The standard InChI is InChI=1S/C17H22N4S/c1-2-18-17(22)20-15-9-6-10-16-14(15)11-19-21(16)12-13-7-4-3-5-8-13/h3-5,7-8,11,15H,2,6,9-10,12H2,1H3,(H2,18,20,22)/t15-/m0/s1. The van der Waals surface area contributed by atoms with E-state index in [4.69, 9.17) is 12.2 Å².